The molecule has 0 aliphatic heterocycles. The monoisotopic (exact) mass is 246 g/mol. The molecule has 0 fully saturated rings. The minimum Gasteiger partial charge on any atom is -0.477 e. The van der Waals surface area contributed by atoms with E-state index >= 15 is 0 Å². The number of aromatic nitrogens is 3. The summed E-state index contributed by atoms with van der Waals surface area (Å²) >= 11 is 0. The summed E-state index contributed by atoms with van der Waals surface area (Å²) in [4.78, 5) is 32.7. The van der Waals surface area contributed by atoms with Crippen LogP contribution < -0.4 is 5.32 Å². The molecule has 0 aromatic carbocycles. The van der Waals surface area contributed by atoms with E-state index in [0.717, 1.165) is 12.0 Å². The van der Waals surface area contributed by atoms with E-state index in [1.54, 1.807) is 12.1 Å². The summed E-state index contributed by atoms with van der Waals surface area (Å²) in [5.41, 5.74) is 0.888. The van der Waals surface area contributed by atoms with E-state index in [1.807, 2.05) is 6.92 Å². The van der Waals surface area contributed by atoms with Crippen LogP contribution in [-0.2, 0) is 0 Å². The molecule has 0 aliphatic carbocycles. The van der Waals surface area contributed by atoms with Crippen molar-refractivity contribution < 1.29 is 14.7 Å². The van der Waals surface area contributed by atoms with Gasteiger partial charge < -0.3 is 15.4 Å². The predicted molar refractivity (Wildman–Crippen MR) is 62.5 cm³/mol. The fraction of sp³-hybridized carbons (Fsp3) is 0.0909. The summed E-state index contributed by atoms with van der Waals surface area (Å²) in [6.45, 7) is 1.82. The number of carbonyl (C=O) groups is 2. The maximum atomic E-state index is 11.8. The predicted octanol–water partition coefficient (Wildman–Crippen LogP) is 1.06. The zero-order valence-electron chi connectivity index (χ0n) is 9.47. The second-order valence-corrected chi connectivity index (χ2v) is 3.57. The average molecular weight is 246 g/mol. The smallest absolute Gasteiger partial charge is 0.354 e. The summed E-state index contributed by atoms with van der Waals surface area (Å²) in [7, 11) is 0. The second-order valence-electron chi connectivity index (χ2n) is 3.57. The number of carboxylic acid groups (broad SMARTS) is 1. The lowest BCUT2D eigenvalue weighted by molar-refractivity contribution is 0.0686. The van der Waals surface area contributed by atoms with E-state index in [1.165, 1.54) is 6.20 Å². The van der Waals surface area contributed by atoms with Gasteiger partial charge in [0, 0.05) is 5.69 Å². The summed E-state index contributed by atoms with van der Waals surface area (Å²) in [6.07, 6.45) is 2.64. The molecule has 0 aliphatic rings. The van der Waals surface area contributed by atoms with Crippen LogP contribution in [0, 0.1) is 6.92 Å². The molecule has 7 nitrogen and oxygen atoms in total. The van der Waals surface area contributed by atoms with E-state index in [4.69, 9.17) is 5.11 Å². The number of H-pyrrole nitrogens is 1. The standard InChI is InChI=1S/C11H10N4O3/c1-6-2-3-7(4-12-6)15-10(16)8-9(11(17)18)14-5-13-8/h2-5H,1H3,(H,13,14)(H,15,16)(H,17,18). The van der Waals surface area contributed by atoms with Crippen LogP contribution in [0.15, 0.2) is 24.7 Å². The highest BCUT2D eigenvalue weighted by molar-refractivity contribution is 6.08. The number of carboxylic acids is 1. The van der Waals surface area contributed by atoms with E-state index in [9.17, 15) is 9.59 Å². The van der Waals surface area contributed by atoms with Crippen LogP contribution >= 0.6 is 0 Å². The molecular weight excluding hydrogens is 236 g/mol. The van der Waals surface area contributed by atoms with Crippen molar-refractivity contribution in [2.75, 3.05) is 5.32 Å². The van der Waals surface area contributed by atoms with Gasteiger partial charge in [0.25, 0.3) is 5.91 Å². The molecule has 3 N–H and O–H groups in total. The molecule has 0 spiro atoms. The Hall–Kier alpha value is -2.70. The third kappa shape index (κ3) is 2.34. The third-order valence-corrected chi connectivity index (χ3v) is 2.24. The Balaban J connectivity index is 2.19. The molecule has 1 amide bonds. The minimum absolute atomic E-state index is 0.164. The SMILES string of the molecule is Cc1ccc(NC(=O)c2nc[nH]c2C(=O)O)cn1. The van der Waals surface area contributed by atoms with Crippen molar-refractivity contribution in [3.8, 4) is 0 Å². The first kappa shape index (κ1) is 11.8. The van der Waals surface area contributed by atoms with Crippen molar-refractivity contribution in [1.82, 2.24) is 15.0 Å². The van der Waals surface area contributed by atoms with Crippen LogP contribution in [0.4, 0.5) is 5.69 Å². The van der Waals surface area contributed by atoms with Gasteiger partial charge in [-0.15, -0.1) is 0 Å². The first-order valence-electron chi connectivity index (χ1n) is 5.08. The number of amides is 1. The molecule has 2 rings (SSSR count). The van der Waals surface area contributed by atoms with E-state index in [-0.39, 0.29) is 11.4 Å². The summed E-state index contributed by atoms with van der Waals surface area (Å²) < 4.78 is 0. The molecule has 92 valence electrons. The van der Waals surface area contributed by atoms with Crippen molar-refractivity contribution in [3.05, 3.63) is 41.7 Å². The maximum absolute atomic E-state index is 11.8. The van der Waals surface area contributed by atoms with Crippen molar-refractivity contribution >= 4 is 17.6 Å². The van der Waals surface area contributed by atoms with Gasteiger partial charge in [-0.1, -0.05) is 0 Å². The van der Waals surface area contributed by atoms with E-state index in [2.05, 4.69) is 20.3 Å². The topological polar surface area (TPSA) is 108 Å². The lowest BCUT2D eigenvalue weighted by Gasteiger charge is -2.03. The van der Waals surface area contributed by atoms with Gasteiger partial charge in [-0.3, -0.25) is 9.78 Å². The molecule has 2 heterocycles. The third-order valence-electron chi connectivity index (χ3n) is 2.24. The Bertz CT molecular complexity index is 589. The van der Waals surface area contributed by atoms with Gasteiger partial charge in [0.15, 0.2) is 11.4 Å². The molecule has 2 aromatic rings. The van der Waals surface area contributed by atoms with E-state index < -0.39 is 11.9 Å². The number of rotatable bonds is 3. The molecular formula is C11H10N4O3. The van der Waals surface area contributed by atoms with Crippen molar-refractivity contribution in [2.24, 2.45) is 0 Å². The van der Waals surface area contributed by atoms with Crippen LogP contribution in [0.2, 0.25) is 0 Å². The molecule has 0 saturated carbocycles. The molecule has 0 bridgehead atoms. The fourth-order valence-electron chi connectivity index (χ4n) is 1.36. The first-order chi connectivity index (χ1) is 8.58. The average Bonchev–Trinajstić information content (AvgIpc) is 2.81. The molecule has 7 heteroatoms. The number of hydrogen-bond acceptors (Lipinski definition) is 4. The van der Waals surface area contributed by atoms with Crippen molar-refractivity contribution in [1.29, 1.82) is 0 Å². The Kier molecular flexibility index (Phi) is 3.05. The van der Waals surface area contributed by atoms with Gasteiger partial charge in [0.2, 0.25) is 0 Å². The molecule has 0 atom stereocenters. The number of carbonyl (C=O) groups excluding carboxylic acids is 1. The Labute approximate surface area is 102 Å². The lowest BCUT2D eigenvalue weighted by atomic mass is 10.3. The number of aryl methyl sites for hydroxylation is 1. The largest absolute Gasteiger partial charge is 0.477 e. The summed E-state index contributed by atoms with van der Waals surface area (Å²) in [5.74, 6) is -1.83. The fourth-order valence-corrected chi connectivity index (χ4v) is 1.36. The number of anilines is 1. The van der Waals surface area contributed by atoms with E-state index in [0.29, 0.717) is 5.69 Å². The second kappa shape index (κ2) is 4.66. The summed E-state index contributed by atoms with van der Waals surface area (Å²) in [6, 6.07) is 3.41. The zero-order valence-corrected chi connectivity index (χ0v) is 9.47. The van der Waals surface area contributed by atoms with Crippen LogP contribution in [0.25, 0.3) is 0 Å². The molecule has 2 aromatic heterocycles. The number of nitrogens with one attached hydrogen (secondary N) is 2. The van der Waals surface area contributed by atoms with Gasteiger partial charge in [-0.2, -0.15) is 0 Å². The Morgan fingerprint density at radius 2 is 2.11 bits per heavy atom. The van der Waals surface area contributed by atoms with Crippen LogP contribution in [0.5, 0.6) is 0 Å². The molecule has 0 saturated heterocycles. The number of hydrogen-bond donors (Lipinski definition) is 3. The highest BCUT2D eigenvalue weighted by Crippen LogP contribution is 2.09. The van der Waals surface area contributed by atoms with Crippen LogP contribution in [0.1, 0.15) is 26.7 Å². The number of aromatic carboxylic acids is 1. The molecule has 0 radical (unpaired) electrons. The van der Waals surface area contributed by atoms with Gasteiger partial charge >= 0.3 is 5.97 Å². The van der Waals surface area contributed by atoms with Gasteiger partial charge in [-0.05, 0) is 19.1 Å². The number of imidazole rings is 1. The lowest BCUT2D eigenvalue weighted by Crippen LogP contribution is -2.16. The molecule has 18 heavy (non-hydrogen) atoms. The minimum atomic E-state index is -1.24. The van der Waals surface area contributed by atoms with Crippen LogP contribution in [0.3, 0.4) is 0 Å². The number of aromatic amines is 1. The van der Waals surface area contributed by atoms with Crippen molar-refractivity contribution in [2.45, 2.75) is 6.92 Å². The zero-order chi connectivity index (χ0) is 13.1. The Morgan fingerprint density at radius 1 is 1.33 bits per heavy atom. The van der Waals surface area contributed by atoms with Gasteiger partial charge in [0.05, 0.1) is 18.2 Å². The highest BCUT2D eigenvalue weighted by atomic mass is 16.4. The summed E-state index contributed by atoms with van der Waals surface area (Å²) in [5, 5.41) is 11.4. The number of pyridine rings is 1. The van der Waals surface area contributed by atoms with Gasteiger partial charge in [-0.25, -0.2) is 9.78 Å². The molecule has 0 unspecified atom stereocenters. The van der Waals surface area contributed by atoms with Crippen molar-refractivity contribution in [3.63, 3.8) is 0 Å². The quantitative estimate of drug-likeness (QED) is 0.750. The number of nitrogens with zero attached hydrogens (tertiary/aromatic N) is 2. The highest BCUT2D eigenvalue weighted by Gasteiger charge is 2.19. The van der Waals surface area contributed by atoms with Gasteiger partial charge in [0.1, 0.15) is 0 Å². The Morgan fingerprint density at radius 3 is 2.72 bits per heavy atom. The maximum Gasteiger partial charge on any atom is 0.354 e. The van der Waals surface area contributed by atoms with Crippen LogP contribution in [-0.4, -0.2) is 31.9 Å². The normalized spacial score (nSPS) is 10.1. The first-order valence-corrected chi connectivity index (χ1v) is 5.08.